The Hall–Kier alpha value is -0.180. The molecule has 0 aliphatic carbocycles. The highest BCUT2D eigenvalue weighted by atomic mass is 35.5. The first-order chi connectivity index (χ1) is 7.74. The van der Waals surface area contributed by atoms with Gasteiger partial charge in [0.15, 0.2) is 0 Å². The summed E-state index contributed by atoms with van der Waals surface area (Å²) in [5, 5.41) is 4.33. The Kier molecular flexibility index (Phi) is 6.93. The summed E-state index contributed by atoms with van der Waals surface area (Å²) < 4.78 is 0. The summed E-state index contributed by atoms with van der Waals surface area (Å²) in [5.74, 6) is 2.45. The van der Waals surface area contributed by atoms with Crippen molar-refractivity contribution in [3.05, 3.63) is 34.9 Å². The molecule has 1 N–H and O–H groups in total. The third-order valence-electron chi connectivity index (χ3n) is 2.47. The molecule has 0 aliphatic rings. The molecular formula is C13H20ClNS. The molecule has 0 radical (unpaired) electrons. The van der Waals surface area contributed by atoms with Gasteiger partial charge in [-0.1, -0.05) is 30.7 Å². The monoisotopic (exact) mass is 257 g/mol. The van der Waals surface area contributed by atoms with Crippen molar-refractivity contribution in [2.24, 2.45) is 0 Å². The average molecular weight is 258 g/mol. The number of hydrogen-bond donors (Lipinski definition) is 1. The minimum Gasteiger partial charge on any atom is -0.310 e. The molecule has 3 heteroatoms. The molecule has 1 nitrogen and oxygen atoms in total. The molecule has 1 aromatic carbocycles. The topological polar surface area (TPSA) is 12.0 Å². The first-order valence-corrected chi connectivity index (χ1v) is 7.34. The SMILES string of the molecule is CCSCCCN[C@H](C)c1cccc(Cl)c1. The van der Waals surface area contributed by atoms with Gasteiger partial charge in [0, 0.05) is 11.1 Å². The van der Waals surface area contributed by atoms with Crippen LogP contribution in [-0.2, 0) is 0 Å². The number of thioether (sulfide) groups is 1. The van der Waals surface area contributed by atoms with Gasteiger partial charge in [0.1, 0.15) is 0 Å². The largest absolute Gasteiger partial charge is 0.310 e. The predicted octanol–water partition coefficient (Wildman–Crippen LogP) is 4.13. The van der Waals surface area contributed by atoms with Gasteiger partial charge in [0.05, 0.1) is 0 Å². The lowest BCUT2D eigenvalue weighted by Gasteiger charge is -2.14. The van der Waals surface area contributed by atoms with Crippen molar-refractivity contribution in [2.45, 2.75) is 26.3 Å². The van der Waals surface area contributed by atoms with Crippen LogP contribution in [0, 0.1) is 0 Å². The molecule has 0 bridgehead atoms. The Bertz CT molecular complexity index is 304. The highest BCUT2D eigenvalue weighted by molar-refractivity contribution is 7.99. The first-order valence-electron chi connectivity index (χ1n) is 5.80. The fourth-order valence-electron chi connectivity index (χ4n) is 1.53. The number of nitrogens with one attached hydrogen (secondary N) is 1. The molecule has 0 amide bonds. The van der Waals surface area contributed by atoms with Gasteiger partial charge >= 0.3 is 0 Å². The van der Waals surface area contributed by atoms with Gasteiger partial charge in [-0.2, -0.15) is 11.8 Å². The average Bonchev–Trinajstić information content (AvgIpc) is 2.28. The maximum Gasteiger partial charge on any atom is 0.0409 e. The summed E-state index contributed by atoms with van der Waals surface area (Å²) in [4.78, 5) is 0. The van der Waals surface area contributed by atoms with E-state index in [9.17, 15) is 0 Å². The second kappa shape index (κ2) is 7.99. The Balaban J connectivity index is 2.27. The zero-order valence-corrected chi connectivity index (χ0v) is 11.6. The van der Waals surface area contributed by atoms with Gasteiger partial charge in [-0.3, -0.25) is 0 Å². The van der Waals surface area contributed by atoms with Gasteiger partial charge in [0.25, 0.3) is 0 Å². The van der Waals surface area contributed by atoms with Crippen molar-refractivity contribution in [1.82, 2.24) is 5.32 Å². The molecule has 0 aliphatic heterocycles. The molecule has 1 rings (SSSR count). The van der Waals surface area contributed by atoms with E-state index in [1.165, 1.54) is 23.5 Å². The first kappa shape index (κ1) is 13.9. The van der Waals surface area contributed by atoms with Crippen molar-refractivity contribution < 1.29 is 0 Å². The molecule has 90 valence electrons. The van der Waals surface area contributed by atoms with Crippen LogP contribution in [0.3, 0.4) is 0 Å². The summed E-state index contributed by atoms with van der Waals surface area (Å²) in [7, 11) is 0. The van der Waals surface area contributed by atoms with E-state index in [4.69, 9.17) is 11.6 Å². The standard InChI is InChI=1S/C13H20ClNS/c1-3-16-9-5-8-15-11(2)12-6-4-7-13(14)10-12/h4,6-7,10-11,15H,3,5,8-9H2,1-2H3/t11-/m1/s1. The van der Waals surface area contributed by atoms with Crippen LogP contribution < -0.4 is 5.32 Å². The van der Waals surface area contributed by atoms with Gasteiger partial charge in [-0.25, -0.2) is 0 Å². The normalized spacial score (nSPS) is 12.7. The van der Waals surface area contributed by atoms with Crippen LogP contribution in [0.4, 0.5) is 0 Å². The van der Waals surface area contributed by atoms with Crippen molar-refractivity contribution in [3.63, 3.8) is 0 Å². The third-order valence-corrected chi connectivity index (χ3v) is 3.69. The van der Waals surface area contributed by atoms with Crippen LogP contribution >= 0.6 is 23.4 Å². The van der Waals surface area contributed by atoms with E-state index in [0.29, 0.717) is 6.04 Å². The van der Waals surface area contributed by atoms with Crippen LogP contribution in [0.25, 0.3) is 0 Å². The minimum absolute atomic E-state index is 0.380. The van der Waals surface area contributed by atoms with Crippen molar-refractivity contribution in [1.29, 1.82) is 0 Å². The lowest BCUT2D eigenvalue weighted by Crippen LogP contribution is -2.20. The lowest BCUT2D eigenvalue weighted by molar-refractivity contribution is 0.572. The number of benzene rings is 1. The van der Waals surface area contributed by atoms with E-state index in [2.05, 4.69) is 25.2 Å². The van der Waals surface area contributed by atoms with Gasteiger partial charge < -0.3 is 5.32 Å². The summed E-state index contributed by atoms with van der Waals surface area (Å²) in [6.07, 6.45) is 1.23. The summed E-state index contributed by atoms with van der Waals surface area (Å²) >= 11 is 7.96. The van der Waals surface area contributed by atoms with E-state index < -0.39 is 0 Å². The van der Waals surface area contributed by atoms with E-state index in [0.717, 1.165) is 11.6 Å². The number of rotatable bonds is 7. The van der Waals surface area contributed by atoms with Crippen molar-refractivity contribution >= 4 is 23.4 Å². The Labute approximate surface area is 108 Å². The molecule has 16 heavy (non-hydrogen) atoms. The molecule has 0 saturated carbocycles. The second-order valence-electron chi connectivity index (χ2n) is 3.78. The Morgan fingerprint density at radius 3 is 2.94 bits per heavy atom. The van der Waals surface area contributed by atoms with Gasteiger partial charge in [-0.15, -0.1) is 0 Å². The predicted molar refractivity (Wildman–Crippen MR) is 75.5 cm³/mol. The highest BCUT2D eigenvalue weighted by Crippen LogP contribution is 2.17. The van der Waals surface area contributed by atoms with Crippen molar-refractivity contribution in [2.75, 3.05) is 18.1 Å². The van der Waals surface area contributed by atoms with Crippen LogP contribution in [0.2, 0.25) is 5.02 Å². The number of halogens is 1. The van der Waals surface area contributed by atoms with E-state index in [1.807, 2.05) is 30.0 Å². The lowest BCUT2D eigenvalue weighted by atomic mass is 10.1. The summed E-state index contributed by atoms with van der Waals surface area (Å²) in [6, 6.07) is 8.44. The van der Waals surface area contributed by atoms with Crippen LogP contribution in [0.15, 0.2) is 24.3 Å². The Morgan fingerprint density at radius 1 is 1.44 bits per heavy atom. The second-order valence-corrected chi connectivity index (χ2v) is 5.61. The molecule has 0 fully saturated rings. The third kappa shape index (κ3) is 5.24. The molecule has 1 aromatic rings. The van der Waals surface area contributed by atoms with Crippen molar-refractivity contribution in [3.8, 4) is 0 Å². The quantitative estimate of drug-likeness (QED) is 0.737. The molecule has 1 atom stereocenters. The maximum atomic E-state index is 5.96. The van der Waals surface area contributed by atoms with Gasteiger partial charge in [-0.05, 0) is 49.1 Å². The zero-order valence-electron chi connectivity index (χ0n) is 10.0. The summed E-state index contributed by atoms with van der Waals surface area (Å²) in [5.41, 5.74) is 1.26. The minimum atomic E-state index is 0.380. The zero-order chi connectivity index (χ0) is 11.8. The smallest absolute Gasteiger partial charge is 0.0409 e. The molecule has 0 unspecified atom stereocenters. The van der Waals surface area contributed by atoms with Crippen LogP contribution in [-0.4, -0.2) is 18.1 Å². The van der Waals surface area contributed by atoms with E-state index in [1.54, 1.807) is 0 Å². The van der Waals surface area contributed by atoms with E-state index >= 15 is 0 Å². The fourth-order valence-corrected chi connectivity index (χ4v) is 2.37. The number of hydrogen-bond acceptors (Lipinski definition) is 2. The fraction of sp³-hybridized carbons (Fsp3) is 0.538. The maximum absolute atomic E-state index is 5.96. The van der Waals surface area contributed by atoms with Gasteiger partial charge in [0.2, 0.25) is 0 Å². The molecule has 0 heterocycles. The molecular weight excluding hydrogens is 238 g/mol. The molecule has 0 spiro atoms. The molecule has 0 saturated heterocycles. The van der Waals surface area contributed by atoms with Crippen LogP contribution in [0.5, 0.6) is 0 Å². The summed E-state index contributed by atoms with van der Waals surface area (Å²) in [6.45, 7) is 5.45. The van der Waals surface area contributed by atoms with Crippen LogP contribution in [0.1, 0.15) is 31.9 Å². The Morgan fingerprint density at radius 2 is 2.25 bits per heavy atom. The highest BCUT2D eigenvalue weighted by Gasteiger charge is 2.03. The van der Waals surface area contributed by atoms with E-state index in [-0.39, 0.29) is 0 Å². The molecule has 0 aromatic heterocycles.